The van der Waals surface area contributed by atoms with Gasteiger partial charge in [0.25, 0.3) is 0 Å². The minimum atomic E-state index is -0.785. The molecule has 3 N–H and O–H groups in total. The van der Waals surface area contributed by atoms with Crippen LogP contribution in [0.4, 0.5) is 5.69 Å². The average molecular weight is 484 g/mol. The van der Waals surface area contributed by atoms with E-state index in [1.54, 1.807) is 6.20 Å². The predicted molar refractivity (Wildman–Crippen MR) is 140 cm³/mol. The van der Waals surface area contributed by atoms with Crippen molar-refractivity contribution in [3.05, 3.63) is 66.0 Å². The van der Waals surface area contributed by atoms with Crippen LogP contribution in [-0.4, -0.2) is 27.6 Å². The first-order chi connectivity index (χ1) is 17.5. The highest BCUT2D eigenvalue weighted by Gasteiger charge is 2.54. The summed E-state index contributed by atoms with van der Waals surface area (Å²) in [6, 6.07) is 12.2. The van der Waals surface area contributed by atoms with Crippen molar-refractivity contribution in [2.75, 3.05) is 4.90 Å². The number of allylic oxidation sites excluding steroid dienone is 1. The topological polar surface area (TPSA) is 116 Å². The van der Waals surface area contributed by atoms with Gasteiger partial charge in [-0.3, -0.25) is 9.78 Å². The van der Waals surface area contributed by atoms with Gasteiger partial charge >= 0.3 is 5.97 Å². The van der Waals surface area contributed by atoms with E-state index >= 15 is 0 Å². The van der Waals surface area contributed by atoms with Gasteiger partial charge in [0.1, 0.15) is 0 Å². The lowest BCUT2D eigenvalue weighted by atomic mass is 9.52. The van der Waals surface area contributed by atoms with Gasteiger partial charge in [-0.2, -0.15) is 5.26 Å². The highest BCUT2D eigenvalue weighted by Crippen LogP contribution is 2.58. The molecule has 0 aliphatic heterocycles. The molecule has 0 amide bonds. The second kappa shape index (κ2) is 10.1. The van der Waals surface area contributed by atoms with Crippen LogP contribution in [0.25, 0.3) is 5.57 Å². The predicted octanol–water partition coefficient (Wildman–Crippen LogP) is 5.34. The Bertz CT molecular complexity index is 1180. The molecule has 0 atom stereocenters. The Hall–Kier alpha value is -3.66. The lowest BCUT2D eigenvalue weighted by Crippen LogP contribution is -2.63. The Kier molecular flexibility index (Phi) is 6.77. The van der Waals surface area contributed by atoms with Gasteiger partial charge in [-0.05, 0) is 98.5 Å². The normalized spacial score (nSPS) is 27.0. The molecule has 186 valence electrons. The fourth-order valence-electron chi connectivity index (χ4n) is 7.33. The zero-order valence-electron chi connectivity index (χ0n) is 20.5. The molecule has 0 unspecified atom stereocenters. The Labute approximate surface area is 212 Å². The molecular formula is C29H33N5O2. The molecule has 4 aliphatic carbocycles. The number of aliphatic imine (C=N–C) groups is 1. The van der Waals surface area contributed by atoms with Gasteiger partial charge in [0.15, 0.2) is 0 Å². The van der Waals surface area contributed by atoms with Crippen molar-refractivity contribution in [1.29, 1.82) is 5.26 Å². The number of benzene rings is 1. The summed E-state index contributed by atoms with van der Waals surface area (Å²) in [7, 11) is 0. The summed E-state index contributed by atoms with van der Waals surface area (Å²) in [4.78, 5) is 21.5. The van der Waals surface area contributed by atoms with Gasteiger partial charge < -0.3 is 15.7 Å². The fourth-order valence-corrected chi connectivity index (χ4v) is 7.33. The van der Waals surface area contributed by atoms with Gasteiger partial charge in [0.2, 0.25) is 12.2 Å². The first kappa shape index (κ1) is 24.1. The Morgan fingerprint density at radius 3 is 2.47 bits per heavy atom. The third-order valence-corrected chi connectivity index (χ3v) is 8.21. The molecule has 0 spiro atoms. The molecule has 0 saturated heterocycles. The zero-order chi connectivity index (χ0) is 25.1. The number of carboxylic acid groups (broad SMARTS) is 1. The van der Waals surface area contributed by atoms with Crippen LogP contribution in [0.15, 0.2) is 59.9 Å². The highest BCUT2D eigenvalue weighted by molar-refractivity contribution is 5.97. The summed E-state index contributed by atoms with van der Waals surface area (Å²) < 4.78 is 0. The van der Waals surface area contributed by atoms with Crippen LogP contribution in [-0.2, 0) is 4.79 Å². The zero-order valence-corrected chi connectivity index (χ0v) is 20.5. The number of aliphatic carboxylic acids is 1. The van der Waals surface area contributed by atoms with E-state index in [0.29, 0.717) is 12.8 Å². The van der Waals surface area contributed by atoms with Crippen LogP contribution in [0.5, 0.6) is 0 Å². The number of hydrogen-bond donors (Lipinski definition) is 2. The second-order valence-corrected chi connectivity index (χ2v) is 10.7. The van der Waals surface area contributed by atoms with E-state index in [1.807, 2.05) is 30.6 Å². The molecule has 4 aliphatic rings. The van der Waals surface area contributed by atoms with E-state index in [2.05, 4.69) is 39.2 Å². The van der Waals surface area contributed by atoms with Gasteiger partial charge in [-0.15, -0.1) is 4.99 Å². The van der Waals surface area contributed by atoms with E-state index in [-0.39, 0.29) is 17.9 Å². The number of carbonyl (C=O) groups is 1. The lowest BCUT2D eigenvalue weighted by molar-refractivity contribution is -0.137. The molecule has 36 heavy (non-hydrogen) atoms. The van der Waals surface area contributed by atoms with Gasteiger partial charge in [0.05, 0.1) is 0 Å². The Balaban J connectivity index is 1.54. The van der Waals surface area contributed by atoms with Crippen molar-refractivity contribution in [1.82, 2.24) is 4.98 Å². The van der Waals surface area contributed by atoms with Crippen LogP contribution in [0, 0.1) is 29.2 Å². The number of aromatic nitrogens is 1. The first-order valence-corrected chi connectivity index (χ1v) is 12.9. The third-order valence-electron chi connectivity index (χ3n) is 8.21. The number of unbranched alkanes of at least 4 members (excludes halogenated alkanes) is 1. The Morgan fingerprint density at radius 1 is 1.17 bits per heavy atom. The number of carboxylic acids is 1. The van der Waals surface area contributed by atoms with E-state index in [4.69, 9.17) is 10.8 Å². The van der Waals surface area contributed by atoms with Crippen LogP contribution in [0.3, 0.4) is 0 Å². The summed E-state index contributed by atoms with van der Waals surface area (Å²) in [6.07, 6.45) is 16.1. The number of nitriles is 1. The molecule has 1 aromatic heterocycles. The van der Waals surface area contributed by atoms with Crippen LogP contribution in [0.1, 0.15) is 68.9 Å². The van der Waals surface area contributed by atoms with Gasteiger partial charge in [-0.25, -0.2) is 0 Å². The van der Waals surface area contributed by atoms with E-state index in [1.165, 1.54) is 19.3 Å². The van der Waals surface area contributed by atoms with E-state index in [9.17, 15) is 10.1 Å². The summed E-state index contributed by atoms with van der Waals surface area (Å²) >= 11 is 0. The number of nitrogens with two attached hydrogens (primary N) is 1. The minimum absolute atomic E-state index is 0.0997. The maximum atomic E-state index is 11.0. The van der Waals surface area contributed by atoms with Crippen molar-refractivity contribution in [3.63, 3.8) is 0 Å². The van der Waals surface area contributed by atoms with Crippen LogP contribution in [0.2, 0.25) is 0 Å². The number of anilines is 1. The van der Waals surface area contributed by atoms with E-state index < -0.39 is 5.97 Å². The molecule has 1 heterocycles. The first-order valence-electron chi connectivity index (χ1n) is 12.9. The Morgan fingerprint density at radius 2 is 1.86 bits per heavy atom. The maximum Gasteiger partial charge on any atom is 0.303 e. The van der Waals surface area contributed by atoms with Gasteiger partial charge in [-0.1, -0.05) is 24.3 Å². The van der Waals surface area contributed by atoms with Crippen molar-refractivity contribution in [2.45, 2.75) is 63.3 Å². The van der Waals surface area contributed by atoms with Crippen molar-refractivity contribution < 1.29 is 9.90 Å². The smallest absolute Gasteiger partial charge is 0.303 e. The molecule has 0 radical (unpaired) electrons. The second-order valence-electron chi connectivity index (χ2n) is 10.7. The number of rotatable bonds is 8. The quantitative estimate of drug-likeness (QED) is 0.227. The molecule has 4 saturated carbocycles. The van der Waals surface area contributed by atoms with Crippen molar-refractivity contribution >= 4 is 23.2 Å². The highest BCUT2D eigenvalue weighted by atomic mass is 16.4. The largest absolute Gasteiger partial charge is 0.481 e. The molecule has 1 aromatic carbocycles. The molecular weight excluding hydrogens is 450 g/mol. The minimum Gasteiger partial charge on any atom is -0.481 e. The van der Waals surface area contributed by atoms with Gasteiger partial charge in [0, 0.05) is 35.6 Å². The van der Waals surface area contributed by atoms with E-state index in [0.717, 1.165) is 59.4 Å². The monoisotopic (exact) mass is 483 g/mol. The fraction of sp³-hybridized carbons (Fsp3) is 0.448. The summed E-state index contributed by atoms with van der Waals surface area (Å²) in [5.74, 6) is 1.64. The molecule has 7 nitrogen and oxygen atoms in total. The number of pyridine rings is 1. The number of nitrogens with zero attached hydrogens (tertiary/aromatic N) is 4. The van der Waals surface area contributed by atoms with Crippen molar-refractivity contribution in [2.24, 2.45) is 28.5 Å². The third kappa shape index (κ3) is 4.86. The lowest BCUT2D eigenvalue weighted by Gasteiger charge is -2.60. The number of guanidine groups is 1. The molecule has 7 heteroatoms. The molecule has 6 rings (SSSR count). The van der Waals surface area contributed by atoms with Crippen LogP contribution < -0.4 is 10.6 Å². The summed E-state index contributed by atoms with van der Waals surface area (Å²) in [5, 5.41) is 18.4. The van der Waals surface area contributed by atoms with Crippen molar-refractivity contribution in [3.8, 4) is 6.19 Å². The molecule has 2 aromatic rings. The average Bonchev–Trinajstić information content (AvgIpc) is 2.84. The molecule has 4 fully saturated rings. The van der Waals surface area contributed by atoms with Crippen LogP contribution >= 0.6 is 0 Å². The standard InChI is InChI=1S/C29H33N5O2/c30-19-33-28(31)34(29-15-20-11-21(16-29)13-22(12-20)17-29)25-7-3-5-23(14-25)26(8-1-2-9-27(35)36)24-6-4-10-32-18-24/h3-8,10,14,18,20-22H,1-2,9,11-13,15-17H2,(H2,31,33)(H,35,36)/b26-8+. The summed E-state index contributed by atoms with van der Waals surface area (Å²) in [5.41, 5.74) is 10.4. The summed E-state index contributed by atoms with van der Waals surface area (Å²) in [6.45, 7) is 0. The maximum absolute atomic E-state index is 11.0. The SMILES string of the molecule is N#CN=C(N)N(c1cccc(/C(=C\CCCC(=O)O)c2cccnc2)c1)C12CC3CC(CC(C3)C1)C2. The molecule has 4 bridgehead atoms. The number of hydrogen-bond acceptors (Lipinski definition) is 4.